The number of benzene rings is 2. The summed E-state index contributed by atoms with van der Waals surface area (Å²) in [5, 5.41) is 3.49. The van der Waals surface area contributed by atoms with Gasteiger partial charge in [0.25, 0.3) is 20.2 Å². The molecule has 0 aliphatic heterocycles. The van der Waals surface area contributed by atoms with Crippen molar-refractivity contribution in [2.24, 2.45) is 0 Å². The first-order valence-corrected chi connectivity index (χ1v) is 14.6. The molecular formula is C24H27N5O6S2. The number of nitrogens with zero attached hydrogens (tertiary/aromatic N) is 4. The number of imidazole rings is 1. The molecule has 0 unspecified atom stereocenters. The number of aromatic nitrogens is 4. The maximum atomic E-state index is 9.19. The predicted molar refractivity (Wildman–Crippen MR) is 141 cm³/mol. The van der Waals surface area contributed by atoms with Gasteiger partial charge in [-0.05, 0) is 43.5 Å². The molecule has 0 spiro atoms. The summed E-state index contributed by atoms with van der Waals surface area (Å²) in [6.45, 7) is 1.99. The van der Waals surface area contributed by atoms with E-state index in [1.807, 2.05) is 30.1 Å². The van der Waals surface area contributed by atoms with E-state index in [1.54, 1.807) is 6.33 Å². The van der Waals surface area contributed by atoms with E-state index >= 15 is 0 Å². The van der Waals surface area contributed by atoms with Crippen molar-refractivity contribution in [3.8, 4) is 16.9 Å². The Morgan fingerprint density at radius 1 is 0.892 bits per heavy atom. The molecule has 2 aromatic carbocycles. The highest BCUT2D eigenvalue weighted by atomic mass is 32.2. The van der Waals surface area contributed by atoms with E-state index in [1.165, 1.54) is 16.7 Å². The molecule has 1 aliphatic carbocycles. The molecule has 0 amide bonds. The Kier molecular flexibility index (Phi) is 8.76. The number of anilines is 2. The van der Waals surface area contributed by atoms with Crippen LogP contribution in [0.2, 0.25) is 0 Å². The Morgan fingerprint density at radius 2 is 1.57 bits per heavy atom. The van der Waals surface area contributed by atoms with Crippen molar-refractivity contribution in [2.75, 3.05) is 17.8 Å². The molecule has 11 nitrogen and oxygen atoms in total. The molecule has 2 heterocycles. The van der Waals surface area contributed by atoms with Gasteiger partial charge >= 0.3 is 0 Å². The Hall–Kier alpha value is -3.65. The molecule has 5 rings (SSSR count). The molecule has 0 bridgehead atoms. The Labute approximate surface area is 215 Å². The Morgan fingerprint density at radius 3 is 2.22 bits per heavy atom. The fraction of sp³-hybridized carbons (Fsp3) is 0.208. The number of nitrogens with one attached hydrogen (secondary N) is 1. The lowest BCUT2D eigenvalue weighted by Crippen LogP contribution is -2.10. The van der Waals surface area contributed by atoms with Gasteiger partial charge in [-0.15, -0.1) is 0 Å². The fourth-order valence-electron chi connectivity index (χ4n) is 3.66. The van der Waals surface area contributed by atoms with Gasteiger partial charge in [-0.1, -0.05) is 30.3 Å². The van der Waals surface area contributed by atoms with Crippen LogP contribution in [0, 0.1) is 6.92 Å². The van der Waals surface area contributed by atoms with Crippen molar-refractivity contribution in [3.63, 3.8) is 0 Å². The van der Waals surface area contributed by atoms with Crippen LogP contribution >= 0.6 is 0 Å². The van der Waals surface area contributed by atoms with Crippen molar-refractivity contribution < 1.29 is 25.9 Å². The highest BCUT2D eigenvalue weighted by Crippen LogP contribution is 2.35. The van der Waals surface area contributed by atoms with E-state index in [4.69, 9.17) is 9.11 Å². The lowest BCUT2D eigenvalue weighted by molar-refractivity contribution is 0.488. The molecule has 13 heteroatoms. The first-order chi connectivity index (χ1) is 17.3. The first-order valence-electron chi connectivity index (χ1n) is 10.9. The van der Waals surface area contributed by atoms with Gasteiger partial charge in [-0.2, -0.15) is 16.8 Å². The third-order valence-corrected chi connectivity index (χ3v) is 4.98. The minimum absolute atomic E-state index is 0.715. The standard InChI is InChI=1S/C22H19N5.2CH4O3S/c1-15-12-27(14-25-15)18-7-4-6-17(11-18)26-22-20-10-9-16-5-2-3-8-19(16)21(20)23-13-24-22;2*1-5(2,3)4/h2-8,11-14H,9-10H2,1H3,(H,23,24,26);2*1H3,(H,2,3,4). The highest BCUT2D eigenvalue weighted by molar-refractivity contribution is 7.85. The average Bonchev–Trinajstić information content (AvgIpc) is 3.24. The third-order valence-electron chi connectivity index (χ3n) is 4.98. The number of hydrogen-bond donors (Lipinski definition) is 3. The number of hydrogen-bond acceptors (Lipinski definition) is 8. The van der Waals surface area contributed by atoms with E-state index < -0.39 is 20.2 Å². The minimum Gasteiger partial charge on any atom is -0.340 e. The molecule has 0 atom stereocenters. The molecule has 0 fully saturated rings. The van der Waals surface area contributed by atoms with Crippen LogP contribution in [-0.2, 0) is 33.1 Å². The van der Waals surface area contributed by atoms with Crippen LogP contribution in [-0.4, -0.2) is 58.0 Å². The molecule has 2 aromatic heterocycles. The summed E-state index contributed by atoms with van der Waals surface area (Å²) in [4.78, 5) is 13.4. The number of aryl methyl sites for hydroxylation is 2. The van der Waals surface area contributed by atoms with Gasteiger partial charge in [-0.3, -0.25) is 9.11 Å². The van der Waals surface area contributed by atoms with Crippen LogP contribution in [0.4, 0.5) is 11.5 Å². The van der Waals surface area contributed by atoms with Gasteiger partial charge in [0.15, 0.2) is 0 Å². The third kappa shape index (κ3) is 9.06. The van der Waals surface area contributed by atoms with Crippen LogP contribution in [0.5, 0.6) is 0 Å². The summed E-state index contributed by atoms with van der Waals surface area (Å²) < 4.78 is 53.8. The molecule has 196 valence electrons. The Bertz CT molecular complexity index is 1560. The van der Waals surface area contributed by atoms with Crippen LogP contribution < -0.4 is 5.32 Å². The van der Waals surface area contributed by atoms with Crippen LogP contribution in [0.15, 0.2) is 67.4 Å². The molecule has 0 radical (unpaired) electrons. The second-order valence-electron chi connectivity index (χ2n) is 8.27. The van der Waals surface area contributed by atoms with Gasteiger partial charge in [-0.25, -0.2) is 15.0 Å². The van der Waals surface area contributed by atoms with E-state index in [-0.39, 0.29) is 0 Å². The topological polar surface area (TPSA) is 164 Å². The van der Waals surface area contributed by atoms with Crippen LogP contribution in [0.25, 0.3) is 16.9 Å². The van der Waals surface area contributed by atoms with Crippen molar-refractivity contribution in [3.05, 3.63) is 84.2 Å². The van der Waals surface area contributed by atoms with E-state index in [2.05, 4.69) is 62.7 Å². The predicted octanol–water partition coefficient (Wildman–Crippen LogP) is 3.49. The first kappa shape index (κ1) is 27.9. The van der Waals surface area contributed by atoms with Crippen LogP contribution in [0.1, 0.15) is 16.8 Å². The summed E-state index contributed by atoms with van der Waals surface area (Å²) in [5.41, 5.74) is 7.85. The maximum absolute atomic E-state index is 9.19. The number of fused-ring (bicyclic) bond motifs is 3. The summed E-state index contributed by atoms with van der Waals surface area (Å²) in [6.07, 6.45) is 8.88. The maximum Gasteiger partial charge on any atom is 0.261 e. The molecular weight excluding hydrogens is 518 g/mol. The summed E-state index contributed by atoms with van der Waals surface area (Å²) in [5.74, 6) is 0.883. The lowest BCUT2D eigenvalue weighted by Gasteiger charge is -2.21. The fourth-order valence-corrected chi connectivity index (χ4v) is 3.66. The average molecular weight is 546 g/mol. The smallest absolute Gasteiger partial charge is 0.261 e. The zero-order valence-corrected chi connectivity index (χ0v) is 22.0. The highest BCUT2D eigenvalue weighted by Gasteiger charge is 2.20. The van der Waals surface area contributed by atoms with E-state index in [9.17, 15) is 16.8 Å². The van der Waals surface area contributed by atoms with E-state index in [0.29, 0.717) is 12.5 Å². The van der Waals surface area contributed by atoms with Crippen molar-refractivity contribution in [1.29, 1.82) is 0 Å². The SMILES string of the molecule is CS(=O)(=O)O.CS(=O)(=O)O.Cc1cn(-c2cccc(Nc3ncnc4c3CCc3ccccc3-4)c2)cn1. The van der Waals surface area contributed by atoms with Gasteiger partial charge in [0.1, 0.15) is 12.1 Å². The Balaban J connectivity index is 0.000000327. The second-order valence-corrected chi connectivity index (χ2v) is 11.2. The molecule has 4 aromatic rings. The minimum atomic E-state index is -3.67. The molecule has 1 aliphatic rings. The van der Waals surface area contributed by atoms with Gasteiger partial charge in [0.2, 0.25) is 0 Å². The zero-order chi connectivity index (χ0) is 27.2. The molecule has 0 saturated carbocycles. The van der Waals surface area contributed by atoms with Crippen LogP contribution in [0.3, 0.4) is 0 Å². The van der Waals surface area contributed by atoms with Gasteiger partial charge in [0.05, 0.1) is 30.2 Å². The number of rotatable bonds is 3. The summed E-state index contributed by atoms with van der Waals surface area (Å²) >= 11 is 0. The monoisotopic (exact) mass is 545 g/mol. The molecule has 0 saturated heterocycles. The molecule has 37 heavy (non-hydrogen) atoms. The van der Waals surface area contributed by atoms with Crippen molar-refractivity contribution >= 4 is 31.7 Å². The van der Waals surface area contributed by atoms with E-state index in [0.717, 1.165) is 41.4 Å². The molecule has 3 N–H and O–H groups in total. The van der Waals surface area contributed by atoms with Gasteiger partial charge in [0, 0.05) is 28.7 Å². The zero-order valence-electron chi connectivity index (χ0n) is 20.4. The van der Waals surface area contributed by atoms with Crippen molar-refractivity contribution in [2.45, 2.75) is 19.8 Å². The normalized spacial score (nSPS) is 12.1. The quantitative estimate of drug-likeness (QED) is 0.325. The summed E-state index contributed by atoms with van der Waals surface area (Å²) in [6, 6.07) is 16.8. The summed E-state index contributed by atoms with van der Waals surface area (Å²) in [7, 11) is -7.33. The lowest BCUT2D eigenvalue weighted by atomic mass is 9.89. The second kappa shape index (κ2) is 11.6. The largest absolute Gasteiger partial charge is 0.340 e. The van der Waals surface area contributed by atoms with Gasteiger partial charge < -0.3 is 9.88 Å². The van der Waals surface area contributed by atoms with Crippen molar-refractivity contribution in [1.82, 2.24) is 19.5 Å².